The van der Waals surface area contributed by atoms with E-state index in [1.165, 1.54) is 6.07 Å². The number of para-hydroxylation sites is 1. The van der Waals surface area contributed by atoms with Gasteiger partial charge in [0.05, 0.1) is 0 Å². The molecule has 0 atom stereocenters. The SMILES string of the molecule is NCCc1ccc(Cl)cc1Oc1ccccc1F. The van der Waals surface area contributed by atoms with Crippen LogP contribution in [0.1, 0.15) is 5.56 Å². The van der Waals surface area contributed by atoms with Gasteiger partial charge < -0.3 is 10.5 Å². The minimum Gasteiger partial charge on any atom is -0.454 e. The predicted molar refractivity (Wildman–Crippen MR) is 70.7 cm³/mol. The molecule has 0 fully saturated rings. The number of benzene rings is 2. The van der Waals surface area contributed by atoms with Crippen LogP contribution in [0.2, 0.25) is 5.02 Å². The highest BCUT2D eigenvalue weighted by molar-refractivity contribution is 6.30. The molecule has 2 aromatic rings. The highest BCUT2D eigenvalue weighted by atomic mass is 35.5. The second-order valence-corrected chi connectivity index (χ2v) is 4.26. The van der Waals surface area contributed by atoms with E-state index < -0.39 is 5.82 Å². The quantitative estimate of drug-likeness (QED) is 0.913. The van der Waals surface area contributed by atoms with Gasteiger partial charge >= 0.3 is 0 Å². The fourth-order valence-electron chi connectivity index (χ4n) is 1.63. The van der Waals surface area contributed by atoms with Crippen molar-refractivity contribution in [3.8, 4) is 11.5 Å². The smallest absolute Gasteiger partial charge is 0.165 e. The summed E-state index contributed by atoms with van der Waals surface area (Å²) in [5.74, 6) is 0.312. The molecular formula is C14H13ClFNO. The minimum absolute atomic E-state index is 0.179. The van der Waals surface area contributed by atoms with Crippen molar-refractivity contribution in [3.05, 3.63) is 58.9 Å². The Morgan fingerprint density at radius 1 is 1.11 bits per heavy atom. The van der Waals surface area contributed by atoms with Crippen molar-refractivity contribution in [3.63, 3.8) is 0 Å². The molecule has 2 N–H and O–H groups in total. The second kappa shape index (κ2) is 5.85. The van der Waals surface area contributed by atoms with Crippen LogP contribution in [0.5, 0.6) is 11.5 Å². The molecule has 2 nitrogen and oxygen atoms in total. The third kappa shape index (κ3) is 3.00. The summed E-state index contributed by atoms with van der Waals surface area (Å²) in [5, 5.41) is 0.544. The maximum absolute atomic E-state index is 13.5. The standard InChI is InChI=1S/C14H13ClFNO/c15-11-6-5-10(7-8-17)14(9-11)18-13-4-2-1-3-12(13)16/h1-6,9H,7-8,17H2. The molecule has 2 rings (SSSR count). The lowest BCUT2D eigenvalue weighted by Gasteiger charge is -2.11. The van der Waals surface area contributed by atoms with Crippen LogP contribution in [-0.4, -0.2) is 6.54 Å². The van der Waals surface area contributed by atoms with E-state index in [1.807, 2.05) is 6.07 Å². The Kier molecular flexibility index (Phi) is 4.18. The topological polar surface area (TPSA) is 35.2 Å². The summed E-state index contributed by atoms with van der Waals surface area (Å²) in [6, 6.07) is 11.5. The first-order chi connectivity index (χ1) is 8.70. The molecule has 2 aromatic carbocycles. The lowest BCUT2D eigenvalue weighted by atomic mass is 10.1. The summed E-state index contributed by atoms with van der Waals surface area (Å²) in [6.07, 6.45) is 0.654. The molecule has 0 aliphatic heterocycles. The van der Waals surface area contributed by atoms with Crippen molar-refractivity contribution in [1.29, 1.82) is 0 Å². The van der Waals surface area contributed by atoms with Crippen molar-refractivity contribution < 1.29 is 9.13 Å². The Hall–Kier alpha value is -1.58. The van der Waals surface area contributed by atoms with Gasteiger partial charge in [-0.1, -0.05) is 29.8 Å². The molecular weight excluding hydrogens is 253 g/mol. The van der Waals surface area contributed by atoms with Crippen molar-refractivity contribution in [2.45, 2.75) is 6.42 Å². The third-order valence-electron chi connectivity index (χ3n) is 2.50. The van der Waals surface area contributed by atoms with Crippen molar-refractivity contribution >= 4 is 11.6 Å². The molecule has 94 valence electrons. The van der Waals surface area contributed by atoms with Gasteiger partial charge in [-0.15, -0.1) is 0 Å². The van der Waals surface area contributed by atoms with Crippen LogP contribution >= 0.6 is 11.6 Å². The van der Waals surface area contributed by atoms with Gasteiger partial charge in [0.2, 0.25) is 0 Å². The van der Waals surface area contributed by atoms with E-state index in [-0.39, 0.29) is 5.75 Å². The molecule has 0 aromatic heterocycles. The van der Waals surface area contributed by atoms with E-state index in [2.05, 4.69) is 0 Å². The molecule has 0 bridgehead atoms. The number of hydrogen-bond acceptors (Lipinski definition) is 2. The minimum atomic E-state index is -0.406. The van der Waals surface area contributed by atoms with Crippen LogP contribution in [0.3, 0.4) is 0 Å². The molecule has 0 radical (unpaired) electrons. The van der Waals surface area contributed by atoms with Crippen LogP contribution in [0.15, 0.2) is 42.5 Å². The maximum atomic E-state index is 13.5. The molecule has 0 aliphatic rings. The van der Waals surface area contributed by atoms with E-state index in [9.17, 15) is 4.39 Å². The van der Waals surface area contributed by atoms with E-state index in [0.29, 0.717) is 23.7 Å². The molecule has 0 unspecified atom stereocenters. The van der Waals surface area contributed by atoms with Gasteiger partial charge in [-0.3, -0.25) is 0 Å². The molecule has 0 saturated carbocycles. The lowest BCUT2D eigenvalue weighted by Crippen LogP contribution is -2.04. The average Bonchev–Trinajstić information content (AvgIpc) is 2.36. The normalized spacial score (nSPS) is 10.4. The van der Waals surface area contributed by atoms with E-state index >= 15 is 0 Å². The Morgan fingerprint density at radius 2 is 1.89 bits per heavy atom. The fourth-order valence-corrected chi connectivity index (χ4v) is 1.79. The van der Waals surface area contributed by atoms with E-state index in [0.717, 1.165) is 5.56 Å². The highest BCUT2D eigenvalue weighted by Gasteiger charge is 2.08. The van der Waals surface area contributed by atoms with Crippen LogP contribution in [0, 0.1) is 5.82 Å². The Morgan fingerprint density at radius 3 is 2.61 bits per heavy atom. The fraction of sp³-hybridized carbons (Fsp3) is 0.143. The number of hydrogen-bond donors (Lipinski definition) is 1. The third-order valence-corrected chi connectivity index (χ3v) is 2.73. The molecule has 0 saturated heterocycles. The summed E-state index contributed by atoms with van der Waals surface area (Å²) in [5.41, 5.74) is 6.44. The summed E-state index contributed by atoms with van der Waals surface area (Å²) in [4.78, 5) is 0. The number of halogens is 2. The van der Waals surface area contributed by atoms with Crippen molar-refractivity contribution in [2.75, 3.05) is 6.54 Å². The summed E-state index contributed by atoms with van der Waals surface area (Å²) in [7, 11) is 0. The molecule has 0 amide bonds. The Balaban J connectivity index is 2.33. The number of ether oxygens (including phenoxy) is 1. The van der Waals surface area contributed by atoms with Crippen LogP contribution < -0.4 is 10.5 Å². The maximum Gasteiger partial charge on any atom is 0.165 e. The van der Waals surface area contributed by atoms with E-state index in [4.69, 9.17) is 22.1 Å². The summed E-state index contributed by atoms with van der Waals surface area (Å²) in [6.45, 7) is 0.495. The summed E-state index contributed by atoms with van der Waals surface area (Å²) >= 11 is 5.92. The molecule has 0 heterocycles. The zero-order chi connectivity index (χ0) is 13.0. The zero-order valence-electron chi connectivity index (χ0n) is 9.70. The van der Waals surface area contributed by atoms with Crippen LogP contribution in [-0.2, 0) is 6.42 Å². The molecule has 18 heavy (non-hydrogen) atoms. The van der Waals surface area contributed by atoms with Crippen LogP contribution in [0.4, 0.5) is 4.39 Å². The first-order valence-corrected chi connectivity index (χ1v) is 5.99. The first-order valence-electron chi connectivity index (χ1n) is 5.61. The second-order valence-electron chi connectivity index (χ2n) is 3.82. The molecule has 0 aliphatic carbocycles. The van der Waals surface area contributed by atoms with Gasteiger partial charge in [0.1, 0.15) is 5.75 Å². The van der Waals surface area contributed by atoms with Gasteiger partial charge in [-0.25, -0.2) is 4.39 Å². The summed E-state index contributed by atoms with van der Waals surface area (Å²) < 4.78 is 19.1. The van der Waals surface area contributed by atoms with Gasteiger partial charge in [-0.05, 0) is 42.8 Å². The Labute approximate surface area is 110 Å². The van der Waals surface area contributed by atoms with Gasteiger partial charge in [0.25, 0.3) is 0 Å². The largest absolute Gasteiger partial charge is 0.454 e. The van der Waals surface area contributed by atoms with Gasteiger partial charge in [-0.2, -0.15) is 0 Å². The van der Waals surface area contributed by atoms with Gasteiger partial charge in [0.15, 0.2) is 11.6 Å². The Bertz CT molecular complexity index is 545. The van der Waals surface area contributed by atoms with Gasteiger partial charge in [0, 0.05) is 5.02 Å². The van der Waals surface area contributed by atoms with Crippen molar-refractivity contribution in [2.24, 2.45) is 5.73 Å². The predicted octanol–water partition coefficient (Wildman–Crippen LogP) is 3.77. The zero-order valence-corrected chi connectivity index (χ0v) is 10.5. The first kappa shape index (κ1) is 12.9. The van der Waals surface area contributed by atoms with Crippen molar-refractivity contribution in [1.82, 2.24) is 0 Å². The number of rotatable bonds is 4. The highest BCUT2D eigenvalue weighted by Crippen LogP contribution is 2.30. The number of nitrogens with two attached hydrogens (primary N) is 1. The molecule has 0 spiro atoms. The lowest BCUT2D eigenvalue weighted by molar-refractivity contribution is 0.438. The van der Waals surface area contributed by atoms with Crippen LogP contribution in [0.25, 0.3) is 0 Å². The average molecular weight is 266 g/mol. The van der Waals surface area contributed by atoms with E-state index in [1.54, 1.807) is 30.3 Å². The monoisotopic (exact) mass is 265 g/mol. The molecule has 4 heteroatoms.